The van der Waals surface area contributed by atoms with Gasteiger partial charge < -0.3 is 4.74 Å². The van der Waals surface area contributed by atoms with Crippen molar-refractivity contribution in [3.63, 3.8) is 0 Å². The fourth-order valence-electron chi connectivity index (χ4n) is 4.96. The lowest BCUT2D eigenvalue weighted by Gasteiger charge is -2.04. The Kier molecular flexibility index (Phi) is 31.4. The Bertz CT molecular complexity index is 2780. The van der Waals surface area contributed by atoms with Gasteiger partial charge in [0, 0.05) is 9.92 Å². The Hall–Kier alpha value is -8.31. The normalized spacial score (nSPS) is 9.32. The molecule has 366 valence electrons. The standard InChI is InChI=1S/3C9H9NO.C8H6ClNO.C8H4F3NOS.C8H5F2NO2/c1-8-2-4-9(5-3-8)6-10-7-11;1-8-3-2-4-9(5-8)6-10-7-11;1-8-4-2-3-5-9(8)6-10-7-11;9-8-4-2-1-3-7(8)5-10-6-11;9-8(10,11)14-7-3-1-2-6(4-7)12-5-13;9-8(10)13-7-3-1-6(2-4-7)11-5-12/h3*2-5H,6H2,1H3;1-4H,5H2;1-4H;1-4,8H. The van der Waals surface area contributed by atoms with E-state index in [9.17, 15) is 50.7 Å². The second-order valence-electron chi connectivity index (χ2n) is 13.4. The maximum Gasteiger partial charge on any atom is 0.446 e. The minimum Gasteiger partial charge on any atom is -0.435 e. The topological polar surface area (TPSA) is 186 Å². The lowest BCUT2D eigenvalue weighted by molar-refractivity contribution is -0.0498. The van der Waals surface area contributed by atoms with Gasteiger partial charge in [0.1, 0.15) is 5.75 Å². The van der Waals surface area contributed by atoms with E-state index >= 15 is 0 Å². The third-order valence-electron chi connectivity index (χ3n) is 8.17. The number of hydrogen-bond acceptors (Lipinski definition) is 14. The number of aryl methyl sites for hydroxylation is 3. The van der Waals surface area contributed by atoms with Crippen molar-refractivity contribution in [2.45, 2.75) is 64.0 Å². The Balaban J connectivity index is 0.000000427. The molecule has 0 radical (unpaired) electrons. The second kappa shape index (κ2) is 36.7. The van der Waals surface area contributed by atoms with Crippen LogP contribution in [0, 0.1) is 20.8 Å². The van der Waals surface area contributed by atoms with E-state index in [0.717, 1.165) is 27.8 Å². The highest BCUT2D eigenvalue weighted by Crippen LogP contribution is 2.37. The van der Waals surface area contributed by atoms with Crippen LogP contribution in [0.1, 0.15) is 38.9 Å². The quantitative estimate of drug-likeness (QED) is 0.0473. The van der Waals surface area contributed by atoms with Gasteiger partial charge in [-0.2, -0.15) is 31.9 Å². The van der Waals surface area contributed by atoms with Crippen LogP contribution in [0.4, 0.5) is 33.3 Å². The predicted octanol–water partition coefficient (Wildman–Crippen LogP) is 13.2. The molecular weight excluding hydrogens is 971 g/mol. The molecule has 6 aromatic rings. The number of alkyl halides is 5. The van der Waals surface area contributed by atoms with E-state index in [1.54, 1.807) is 6.07 Å². The highest BCUT2D eigenvalue weighted by Gasteiger charge is 2.29. The monoisotopic (exact) mass is 1010 g/mol. The van der Waals surface area contributed by atoms with E-state index in [4.69, 9.17) is 11.6 Å². The molecule has 0 atom stereocenters. The van der Waals surface area contributed by atoms with Gasteiger partial charge in [0.15, 0.2) is 0 Å². The first-order chi connectivity index (χ1) is 34.1. The zero-order valence-electron chi connectivity index (χ0n) is 38.0. The van der Waals surface area contributed by atoms with E-state index in [0.29, 0.717) is 36.9 Å². The minimum atomic E-state index is -4.33. The van der Waals surface area contributed by atoms with Crippen molar-refractivity contribution >= 4 is 71.2 Å². The number of isocyanates is 6. The van der Waals surface area contributed by atoms with Crippen molar-refractivity contribution in [2.24, 2.45) is 30.0 Å². The summed E-state index contributed by atoms with van der Waals surface area (Å²) < 4.78 is 63.1. The summed E-state index contributed by atoms with van der Waals surface area (Å²) in [6.07, 6.45) is 8.58. The number of rotatable bonds is 13. The third kappa shape index (κ3) is 30.6. The van der Waals surface area contributed by atoms with Gasteiger partial charge >= 0.3 is 12.1 Å². The molecule has 0 saturated heterocycles. The molecule has 6 aromatic carbocycles. The zero-order valence-corrected chi connectivity index (χ0v) is 39.6. The number of ether oxygens (including phenoxy) is 1. The molecule has 0 amide bonds. The number of aliphatic imine (C=N–C) groups is 6. The van der Waals surface area contributed by atoms with Gasteiger partial charge in [-0.25, -0.2) is 48.7 Å². The average molecular weight is 1010 g/mol. The number of thioether (sulfide) groups is 1. The van der Waals surface area contributed by atoms with Crippen molar-refractivity contribution < 1.29 is 55.5 Å². The smallest absolute Gasteiger partial charge is 0.435 e. The Labute approximate surface area is 414 Å². The van der Waals surface area contributed by atoms with E-state index in [2.05, 4.69) is 34.7 Å². The van der Waals surface area contributed by atoms with Crippen LogP contribution in [0.15, 0.2) is 180 Å². The van der Waals surface area contributed by atoms with E-state index < -0.39 is 12.1 Å². The van der Waals surface area contributed by atoms with Crippen LogP contribution in [0.2, 0.25) is 5.02 Å². The van der Waals surface area contributed by atoms with Crippen LogP contribution in [-0.4, -0.2) is 48.6 Å². The molecule has 13 nitrogen and oxygen atoms in total. The first kappa shape index (κ1) is 60.7. The van der Waals surface area contributed by atoms with Crippen molar-refractivity contribution in [2.75, 3.05) is 0 Å². The molecule has 0 fully saturated rings. The summed E-state index contributed by atoms with van der Waals surface area (Å²) in [7, 11) is 0. The highest BCUT2D eigenvalue weighted by atomic mass is 35.5. The second-order valence-corrected chi connectivity index (χ2v) is 15.0. The molecule has 0 unspecified atom stereocenters. The fourth-order valence-corrected chi connectivity index (χ4v) is 5.75. The Morgan fingerprint density at radius 3 is 1.58 bits per heavy atom. The van der Waals surface area contributed by atoms with E-state index in [1.165, 1.54) is 96.1 Å². The maximum absolute atomic E-state index is 11.9. The van der Waals surface area contributed by atoms with E-state index in [1.807, 2.05) is 112 Å². The first-order valence-corrected chi connectivity index (χ1v) is 21.4. The lowest BCUT2D eigenvalue weighted by atomic mass is 10.1. The summed E-state index contributed by atoms with van der Waals surface area (Å²) in [5.74, 6) is 0.0276. The lowest BCUT2D eigenvalue weighted by Crippen LogP contribution is -2.01. The number of benzene rings is 6. The summed E-state index contributed by atoms with van der Waals surface area (Å²) in [5, 5.41) is 0.631. The van der Waals surface area contributed by atoms with Crippen LogP contribution in [0.5, 0.6) is 5.75 Å². The molecule has 20 heteroatoms. The van der Waals surface area contributed by atoms with Gasteiger partial charge in [0.2, 0.25) is 36.5 Å². The van der Waals surface area contributed by atoms with E-state index in [-0.39, 0.29) is 28.1 Å². The van der Waals surface area contributed by atoms with Crippen LogP contribution in [0.3, 0.4) is 0 Å². The van der Waals surface area contributed by atoms with Gasteiger partial charge in [-0.3, -0.25) is 0 Å². The molecule has 71 heavy (non-hydrogen) atoms. The molecule has 0 bridgehead atoms. The van der Waals surface area contributed by atoms with Crippen LogP contribution in [-0.2, 0) is 54.9 Å². The van der Waals surface area contributed by atoms with Gasteiger partial charge in [0.05, 0.1) is 37.6 Å². The molecule has 0 aliphatic heterocycles. The zero-order chi connectivity index (χ0) is 52.7. The summed E-state index contributed by atoms with van der Waals surface area (Å²) in [6.45, 7) is 4.80. The molecule has 0 aliphatic rings. The summed E-state index contributed by atoms with van der Waals surface area (Å²) in [6, 6.07) is 41.5. The molecule has 6 rings (SSSR count). The van der Waals surface area contributed by atoms with Crippen LogP contribution >= 0.6 is 23.4 Å². The molecule has 0 spiro atoms. The molecule has 0 N–H and O–H groups in total. The number of halogens is 6. The Morgan fingerprint density at radius 2 is 1.04 bits per heavy atom. The number of hydrogen-bond donors (Lipinski definition) is 0. The van der Waals surface area contributed by atoms with Gasteiger partial charge in [0.25, 0.3) is 0 Å². The predicted molar refractivity (Wildman–Crippen MR) is 259 cm³/mol. The largest absolute Gasteiger partial charge is 0.446 e. The first-order valence-electron chi connectivity index (χ1n) is 20.2. The van der Waals surface area contributed by atoms with Gasteiger partial charge in [-0.15, -0.1) is 0 Å². The summed E-state index contributed by atoms with van der Waals surface area (Å²) in [5.41, 5.74) is 3.74. The SMILES string of the molecule is Cc1ccc(CN=C=O)cc1.Cc1cccc(CN=C=O)c1.Cc1ccccc1CN=C=O.O=C=NCc1ccccc1Cl.O=C=Nc1ccc(OC(F)F)cc1.O=C=Nc1cccc(SC(F)(F)F)c1. The van der Waals surface area contributed by atoms with Crippen molar-refractivity contribution in [3.8, 4) is 5.75 Å². The molecule has 0 heterocycles. The van der Waals surface area contributed by atoms with Crippen molar-refractivity contribution in [1.29, 1.82) is 0 Å². The van der Waals surface area contributed by atoms with Crippen molar-refractivity contribution in [1.82, 2.24) is 0 Å². The maximum atomic E-state index is 11.9. The highest BCUT2D eigenvalue weighted by molar-refractivity contribution is 8.00. The molecule has 0 saturated carbocycles. The summed E-state index contributed by atoms with van der Waals surface area (Å²) in [4.78, 5) is 79.1. The average Bonchev–Trinajstić information content (AvgIpc) is 3.34. The number of carbonyl (C=O) groups excluding carboxylic acids is 6. The van der Waals surface area contributed by atoms with Crippen LogP contribution < -0.4 is 4.74 Å². The molecular formula is C51H42ClF5N6O7S. The third-order valence-corrected chi connectivity index (χ3v) is 9.25. The molecule has 0 aromatic heterocycles. The van der Waals surface area contributed by atoms with Gasteiger partial charge in [-0.1, -0.05) is 120 Å². The fraction of sp³-hybridized carbons (Fsp3) is 0.176. The molecule has 0 aliphatic carbocycles. The van der Waals surface area contributed by atoms with Crippen molar-refractivity contribution in [3.05, 3.63) is 190 Å². The number of nitrogens with zero attached hydrogens (tertiary/aromatic N) is 6. The Morgan fingerprint density at radius 1 is 0.521 bits per heavy atom. The van der Waals surface area contributed by atoms with Gasteiger partial charge in [-0.05, 0) is 109 Å². The summed E-state index contributed by atoms with van der Waals surface area (Å²) >= 11 is 5.52. The van der Waals surface area contributed by atoms with Crippen LogP contribution in [0.25, 0.3) is 0 Å². The minimum absolute atomic E-state index is 0.00556.